The number of hydrogen-bond acceptors (Lipinski definition) is 7. The van der Waals surface area contributed by atoms with Gasteiger partial charge in [-0.2, -0.15) is 0 Å². The van der Waals surface area contributed by atoms with E-state index in [9.17, 15) is 19.5 Å². The van der Waals surface area contributed by atoms with Gasteiger partial charge in [-0.15, -0.1) is 0 Å². The van der Waals surface area contributed by atoms with Crippen LogP contribution in [0.15, 0.2) is 48.0 Å². The van der Waals surface area contributed by atoms with Crippen molar-refractivity contribution >= 4 is 29.0 Å². The van der Waals surface area contributed by atoms with E-state index in [1.54, 1.807) is 41.3 Å². The van der Waals surface area contributed by atoms with Crippen LogP contribution in [-0.2, 0) is 24.7 Å². The Labute approximate surface area is 208 Å². The van der Waals surface area contributed by atoms with Gasteiger partial charge in [-0.05, 0) is 30.7 Å². The maximum Gasteiger partial charge on any atom is 0.296 e. The predicted molar refractivity (Wildman–Crippen MR) is 131 cm³/mol. The number of methoxy groups -OCH3 is 1. The number of carbonyl (C=O) groups excluding carboxylic acids is 3. The molecule has 9 nitrogen and oxygen atoms in total. The Bertz CT molecular complexity index is 1270. The number of Topliss-reactive ketones (excluding diaryl/α,β-unsaturated/α-hetero) is 1. The van der Waals surface area contributed by atoms with Crippen molar-refractivity contribution in [3.63, 3.8) is 0 Å². The van der Waals surface area contributed by atoms with Crippen LogP contribution < -0.4 is 14.4 Å². The van der Waals surface area contributed by atoms with E-state index in [1.807, 2.05) is 13.0 Å². The fourth-order valence-corrected chi connectivity index (χ4v) is 5.22. The molecular formula is C27H28N2O7. The van der Waals surface area contributed by atoms with Gasteiger partial charge in [0.05, 0.1) is 17.9 Å². The molecule has 9 heteroatoms. The van der Waals surface area contributed by atoms with Crippen LogP contribution in [0.25, 0.3) is 5.76 Å². The van der Waals surface area contributed by atoms with Crippen LogP contribution in [0.4, 0.5) is 5.69 Å². The van der Waals surface area contributed by atoms with Crippen LogP contribution in [0.3, 0.4) is 0 Å². The van der Waals surface area contributed by atoms with Gasteiger partial charge in [0.15, 0.2) is 17.0 Å². The van der Waals surface area contributed by atoms with Crippen molar-refractivity contribution in [2.24, 2.45) is 0 Å². The van der Waals surface area contributed by atoms with Crippen LogP contribution in [-0.4, -0.2) is 67.6 Å². The largest absolute Gasteiger partial charge is 0.507 e. The van der Waals surface area contributed by atoms with E-state index >= 15 is 0 Å². The molecule has 36 heavy (non-hydrogen) atoms. The van der Waals surface area contributed by atoms with Gasteiger partial charge in [-0.1, -0.05) is 31.5 Å². The lowest BCUT2D eigenvalue weighted by Gasteiger charge is -2.34. The van der Waals surface area contributed by atoms with Crippen molar-refractivity contribution in [1.82, 2.24) is 4.90 Å². The summed E-state index contributed by atoms with van der Waals surface area (Å²) in [6.45, 7) is 3.31. The van der Waals surface area contributed by atoms with E-state index in [0.29, 0.717) is 42.5 Å². The summed E-state index contributed by atoms with van der Waals surface area (Å²) in [5, 5.41) is 11.6. The van der Waals surface area contributed by atoms with Gasteiger partial charge in [0.1, 0.15) is 19.0 Å². The zero-order chi connectivity index (χ0) is 25.4. The number of ether oxygens (including phenoxy) is 3. The topological polar surface area (TPSA) is 106 Å². The molecule has 0 bridgehead atoms. The van der Waals surface area contributed by atoms with E-state index in [1.165, 1.54) is 12.0 Å². The first-order valence-electron chi connectivity index (χ1n) is 12.1. The van der Waals surface area contributed by atoms with Crippen molar-refractivity contribution in [2.45, 2.75) is 25.3 Å². The molecule has 1 unspecified atom stereocenters. The number of hydrogen-bond donors (Lipinski definition) is 1. The highest BCUT2D eigenvalue weighted by Gasteiger charge is 2.66. The molecule has 1 spiro atoms. The van der Waals surface area contributed by atoms with Crippen LogP contribution in [0.2, 0.25) is 0 Å². The lowest BCUT2D eigenvalue weighted by atomic mass is 9.82. The maximum atomic E-state index is 14.3. The van der Waals surface area contributed by atoms with Crippen molar-refractivity contribution in [2.75, 3.05) is 44.9 Å². The number of likely N-dealkylation sites (tertiary alicyclic amines) is 1. The summed E-state index contributed by atoms with van der Waals surface area (Å²) >= 11 is 0. The van der Waals surface area contributed by atoms with Crippen LogP contribution in [0.5, 0.6) is 11.5 Å². The smallest absolute Gasteiger partial charge is 0.296 e. The molecule has 1 atom stereocenters. The Kier molecular flexibility index (Phi) is 6.17. The minimum absolute atomic E-state index is 0.000679. The number of ketones is 1. The summed E-state index contributed by atoms with van der Waals surface area (Å²) in [4.78, 5) is 44.1. The van der Waals surface area contributed by atoms with Gasteiger partial charge in [-0.25, -0.2) is 0 Å². The predicted octanol–water partition coefficient (Wildman–Crippen LogP) is 2.83. The van der Waals surface area contributed by atoms with Gasteiger partial charge in [0.2, 0.25) is 0 Å². The summed E-state index contributed by atoms with van der Waals surface area (Å²) in [7, 11) is 1.48. The van der Waals surface area contributed by atoms with Gasteiger partial charge in [0, 0.05) is 31.3 Å². The lowest BCUT2D eigenvalue weighted by Crippen LogP contribution is -2.52. The van der Waals surface area contributed by atoms with Crippen molar-refractivity contribution < 1.29 is 33.7 Å². The number of fused-ring (bicyclic) bond motifs is 3. The van der Waals surface area contributed by atoms with E-state index < -0.39 is 28.9 Å². The second-order valence-corrected chi connectivity index (χ2v) is 8.90. The number of nitrogens with zero attached hydrogens (tertiary/aromatic N) is 2. The number of benzene rings is 2. The zero-order valence-corrected chi connectivity index (χ0v) is 20.3. The van der Waals surface area contributed by atoms with Gasteiger partial charge < -0.3 is 29.1 Å². The van der Waals surface area contributed by atoms with E-state index in [4.69, 9.17) is 14.2 Å². The third-order valence-corrected chi connectivity index (χ3v) is 6.88. The van der Waals surface area contributed by atoms with Crippen LogP contribution in [0, 0.1) is 0 Å². The molecule has 1 saturated heterocycles. The quantitative estimate of drug-likeness (QED) is 0.360. The van der Waals surface area contributed by atoms with E-state index in [0.717, 1.165) is 12.8 Å². The Hall–Kier alpha value is -3.85. The average Bonchev–Trinajstić information content (AvgIpc) is 3.28. The van der Waals surface area contributed by atoms with E-state index in [-0.39, 0.29) is 24.3 Å². The molecule has 3 aliphatic heterocycles. The standard InChI is InChI=1S/C27H28N2O7/c1-3-4-11-28-19-8-6-5-7-18(19)27(26(28)33)22(24(31)25(32)29(27)12-13-34-2)23(30)17-9-10-20-21(16-17)36-15-14-35-20/h5-10,16,30H,3-4,11-15H2,1-2H3. The number of carbonyl (C=O) groups is 3. The molecular weight excluding hydrogens is 464 g/mol. The number of anilines is 1. The zero-order valence-electron chi connectivity index (χ0n) is 20.3. The molecule has 1 fully saturated rings. The number of unbranched alkanes of at least 4 members (excludes halogenated alkanes) is 1. The highest BCUT2D eigenvalue weighted by atomic mass is 16.6. The Balaban J connectivity index is 1.76. The fourth-order valence-electron chi connectivity index (χ4n) is 5.22. The molecule has 3 aliphatic rings. The molecule has 3 heterocycles. The lowest BCUT2D eigenvalue weighted by molar-refractivity contribution is -0.144. The molecule has 2 amide bonds. The summed E-state index contributed by atoms with van der Waals surface area (Å²) < 4.78 is 16.4. The van der Waals surface area contributed by atoms with Crippen molar-refractivity contribution in [1.29, 1.82) is 0 Å². The molecule has 0 aromatic heterocycles. The SMILES string of the molecule is CCCCN1C(=O)C2(C(=C(O)c3ccc4c(c3)OCCO4)C(=O)C(=O)N2CCOC)c2ccccc21. The monoisotopic (exact) mass is 492 g/mol. The molecule has 5 rings (SSSR count). The normalized spacial score (nSPS) is 22.0. The van der Waals surface area contributed by atoms with Gasteiger partial charge >= 0.3 is 0 Å². The Morgan fingerprint density at radius 1 is 1.06 bits per heavy atom. The van der Waals surface area contributed by atoms with Crippen molar-refractivity contribution in [3.8, 4) is 11.5 Å². The molecule has 0 radical (unpaired) electrons. The second kappa shape index (κ2) is 9.31. The number of aliphatic hydroxyl groups excluding tert-OH is 1. The molecule has 0 saturated carbocycles. The third kappa shape index (κ3) is 3.37. The van der Waals surface area contributed by atoms with Crippen molar-refractivity contribution in [3.05, 3.63) is 59.2 Å². The summed E-state index contributed by atoms with van der Waals surface area (Å²) in [6.07, 6.45) is 1.60. The van der Waals surface area contributed by atoms with Crippen LogP contribution in [0.1, 0.15) is 30.9 Å². The summed E-state index contributed by atoms with van der Waals surface area (Å²) in [6, 6.07) is 11.9. The van der Waals surface area contributed by atoms with Gasteiger partial charge in [0.25, 0.3) is 17.6 Å². The molecule has 2 aromatic rings. The third-order valence-electron chi connectivity index (χ3n) is 6.88. The second-order valence-electron chi connectivity index (χ2n) is 8.90. The minimum atomic E-state index is -1.80. The number of para-hydroxylation sites is 1. The van der Waals surface area contributed by atoms with Crippen LogP contribution >= 0.6 is 0 Å². The Morgan fingerprint density at radius 2 is 1.81 bits per heavy atom. The first-order valence-corrected chi connectivity index (χ1v) is 12.1. The molecule has 1 N–H and O–H groups in total. The first-order chi connectivity index (χ1) is 17.5. The highest BCUT2D eigenvalue weighted by molar-refractivity contribution is 6.50. The number of rotatable bonds is 7. The minimum Gasteiger partial charge on any atom is -0.507 e. The first kappa shape index (κ1) is 23.9. The summed E-state index contributed by atoms with van der Waals surface area (Å²) in [5.41, 5.74) is -0.694. The Morgan fingerprint density at radius 3 is 2.56 bits per heavy atom. The average molecular weight is 493 g/mol. The maximum absolute atomic E-state index is 14.3. The summed E-state index contributed by atoms with van der Waals surface area (Å²) in [5.74, 6) is -1.72. The van der Waals surface area contributed by atoms with E-state index in [2.05, 4.69) is 0 Å². The number of aliphatic hydroxyl groups is 1. The van der Waals surface area contributed by atoms with Gasteiger partial charge in [-0.3, -0.25) is 14.4 Å². The number of amides is 2. The molecule has 2 aromatic carbocycles. The fraction of sp³-hybridized carbons (Fsp3) is 0.370. The molecule has 0 aliphatic carbocycles. The molecule has 188 valence electrons. The highest BCUT2D eigenvalue weighted by Crippen LogP contribution is 2.53.